The van der Waals surface area contributed by atoms with Gasteiger partial charge in [0.05, 0.1) is 6.61 Å². The van der Waals surface area contributed by atoms with Crippen molar-refractivity contribution in [2.45, 2.75) is 6.92 Å². The normalized spacial score (nSPS) is 9.73. The molecule has 0 heterocycles. The Morgan fingerprint density at radius 2 is 2.13 bits per heavy atom. The van der Waals surface area contributed by atoms with Gasteiger partial charge in [-0.05, 0) is 24.6 Å². The molecule has 2 nitrogen and oxygen atoms in total. The number of hydrogen-bond acceptors (Lipinski definition) is 2. The molecule has 1 rings (SSSR count). The summed E-state index contributed by atoms with van der Waals surface area (Å²) in [5.41, 5.74) is 0.888. The molecule has 15 heavy (non-hydrogen) atoms. The first-order chi connectivity index (χ1) is 6.74. The van der Waals surface area contributed by atoms with Crippen LogP contribution in [0.2, 0.25) is 5.02 Å². The van der Waals surface area contributed by atoms with Crippen molar-refractivity contribution in [1.82, 2.24) is 0 Å². The van der Waals surface area contributed by atoms with Gasteiger partial charge in [-0.15, -0.1) is 12.4 Å². The zero-order chi connectivity index (χ0) is 10.4. The predicted molar refractivity (Wildman–Crippen MR) is 67.1 cm³/mol. The van der Waals surface area contributed by atoms with Gasteiger partial charge in [-0.25, -0.2) is 0 Å². The van der Waals surface area contributed by atoms with Gasteiger partial charge in [0.15, 0.2) is 0 Å². The monoisotopic (exact) mass is 245 g/mol. The third-order valence-electron chi connectivity index (χ3n) is 1.62. The molecule has 0 saturated carbocycles. The lowest BCUT2D eigenvalue weighted by Gasteiger charge is -1.99. The Morgan fingerprint density at radius 1 is 1.47 bits per heavy atom. The molecule has 0 aliphatic carbocycles. The zero-order valence-corrected chi connectivity index (χ0v) is 9.94. The first-order valence-electron chi connectivity index (χ1n) is 4.38. The molecule has 0 bridgehead atoms. The number of benzene rings is 1. The fourth-order valence-corrected chi connectivity index (χ4v) is 1.18. The van der Waals surface area contributed by atoms with Crippen LogP contribution in [0.4, 0.5) is 0 Å². The summed E-state index contributed by atoms with van der Waals surface area (Å²) in [5, 5.41) is 8.03. The fourth-order valence-electron chi connectivity index (χ4n) is 0.979. The van der Waals surface area contributed by atoms with Crippen molar-refractivity contribution in [3.63, 3.8) is 0 Å². The van der Waals surface area contributed by atoms with Crippen molar-refractivity contribution in [3.05, 3.63) is 40.9 Å². The molecule has 0 aliphatic rings. The SMILES string of the molecule is CCOC(=N)C=Cc1ccccc1Cl.Cl. The maximum Gasteiger partial charge on any atom is 0.205 e. The van der Waals surface area contributed by atoms with Crippen LogP contribution in [-0.4, -0.2) is 12.5 Å². The van der Waals surface area contributed by atoms with Crippen LogP contribution < -0.4 is 0 Å². The molecule has 4 heteroatoms. The molecule has 0 fully saturated rings. The molecular weight excluding hydrogens is 233 g/mol. The Kier molecular flexibility index (Phi) is 6.84. The van der Waals surface area contributed by atoms with Crippen LogP contribution in [0, 0.1) is 5.41 Å². The van der Waals surface area contributed by atoms with Crippen molar-refractivity contribution in [3.8, 4) is 0 Å². The van der Waals surface area contributed by atoms with Gasteiger partial charge in [-0.3, -0.25) is 5.41 Å². The highest BCUT2D eigenvalue weighted by molar-refractivity contribution is 6.32. The van der Waals surface area contributed by atoms with Crippen molar-refractivity contribution in [2.24, 2.45) is 0 Å². The van der Waals surface area contributed by atoms with E-state index < -0.39 is 0 Å². The van der Waals surface area contributed by atoms with E-state index in [-0.39, 0.29) is 18.3 Å². The number of hydrogen-bond donors (Lipinski definition) is 1. The van der Waals surface area contributed by atoms with E-state index in [1.54, 1.807) is 12.2 Å². The van der Waals surface area contributed by atoms with Crippen LogP contribution in [0.25, 0.3) is 6.08 Å². The lowest BCUT2D eigenvalue weighted by Crippen LogP contribution is -1.97. The van der Waals surface area contributed by atoms with E-state index >= 15 is 0 Å². The van der Waals surface area contributed by atoms with E-state index in [0.717, 1.165) is 5.56 Å². The van der Waals surface area contributed by atoms with Crippen molar-refractivity contribution < 1.29 is 4.74 Å². The minimum Gasteiger partial charge on any atom is -0.478 e. The standard InChI is InChI=1S/C11H12ClNO.ClH/c1-2-14-11(13)8-7-9-5-3-4-6-10(9)12;/h3-8,13H,2H2,1H3;1H. The zero-order valence-electron chi connectivity index (χ0n) is 8.37. The van der Waals surface area contributed by atoms with Gasteiger partial charge in [0, 0.05) is 11.1 Å². The predicted octanol–water partition coefficient (Wildman–Crippen LogP) is 3.79. The molecule has 0 amide bonds. The van der Waals surface area contributed by atoms with Gasteiger partial charge in [0.25, 0.3) is 0 Å². The molecule has 1 aromatic rings. The molecule has 0 atom stereocenters. The Balaban J connectivity index is 0.00000196. The topological polar surface area (TPSA) is 33.1 Å². The smallest absolute Gasteiger partial charge is 0.205 e. The van der Waals surface area contributed by atoms with Crippen LogP contribution in [0.5, 0.6) is 0 Å². The van der Waals surface area contributed by atoms with Crippen LogP contribution in [0.3, 0.4) is 0 Å². The van der Waals surface area contributed by atoms with Crippen LogP contribution >= 0.6 is 24.0 Å². The number of halogens is 2. The summed E-state index contributed by atoms with van der Waals surface area (Å²) in [6, 6.07) is 7.47. The largest absolute Gasteiger partial charge is 0.478 e. The molecule has 1 aromatic carbocycles. The van der Waals surface area contributed by atoms with Crippen molar-refractivity contribution >= 4 is 36.0 Å². The Morgan fingerprint density at radius 3 is 2.73 bits per heavy atom. The highest BCUT2D eigenvalue weighted by Gasteiger charge is 1.94. The Bertz CT molecular complexity index is 350. The van der Waals surface area contributed by atoms with Crippen LogP contribution in [0.15, 0.2) is 30.3 Å². The first-order valence-corrected chi connectivity index (χ1v) is 4.75. The van der Waals surface area contributed by atoms with E-state index in [4.69, 9.17) is 21.7 Å². The van der Waals surface area contributed by atoms with Gasteiger partial charge < -0.3 is 4.74 Å². The van der Waals surface area contributed by atoms with Gasteiger partial charge >= 0.3 is 0 Å². The summed E-state index contributed by atoms with van der Waals surface area (Å²) in [6.07, 6.45) is 3.35. The molecule has 0 radical (unpaired) electrons. The number of ether oxygens (including phenoxy) is 1. The average molecular weight is 246 g/mol. The van der Waals surface area contributed by atoms with E-state index in [9.17, 15) is 0 Å². The van der Waals surface area contributed by atoms with E-state index in [0.29, 0.717) is 11.6 Å². The molecule has 0 aromatic heterocycles. The van der Waals surface area contributed by atoms with E-state index in [2.05, 4.69) is 0 Å². The van der Waals surface area contributed by atoms with Crippen LogP contribution in [-0.2, 0) is 4.74 Å². The maximum absolute atomic E-state index is 7.36. The average Bonchev–Trinajstić information content (AvgIpc) is 2.17. The summed E-state index contributed by atoms with van der Waals surface area (Å²) in [6.45, 7) is 2.35. The summed E-state index contributed by atoms with van der Waals surface area (Å²) in [4.78, 5) is 0. The third-order valence-corrected chi connectivity index (χ3v) is 1.96. The van der Waals surface area contributed by atoms with E-state index in [1.807, 2.05) is 31.2 Å². The van der Waals surface area contributed by atoms with Gasteiger partial charge in [0.1, 0.15) is 0 Å². The van der Waals surface area contributed by atoms with Crippen molar-refractivity contribution in [2.75, 3.05) is 6.61 Å². The Hall–Kier alpha value is -0.990. The van der Waals surface area contributed by atoms with E-state index in [1.165, 1.54) is 0 Å². The first kappa shape index (κ1) is 14.0. The van der Waals surface area contributed by atoms with Crippen molar-refractivity contribution in [1.29, 1.82) is 5.41 Å². The minimum absolute atomic E-state index is 0. The second-order valence-corrected chi connectivity index (χ2v) is 3.06. The lowest BCUT2D eigenvalue weighted by molar-refractivity contribution is 0.327. The lowest BCUT2D eigenvalue weighted by atomic mass is 10.2. The molecule has 1 N–H and O–H groups in total. The highest BCUT2D eigenvalue weighted by Crippen LogP contribution is 2.16. The van der Waals surface area contributed by atoms with Crippen LogP contribution in [0.1, 0.15) is 12.5 Å². The minimum atomic E-state index is 0. The van der Waals surface area contributed by atoms with Gasteiger partial charge in [-0.2, -0.15) is 0 Å². The van der Waals surface area contributed by atoms with Gasteiger partial charge in [0.2, 0.25) is 5.90 Å². The Labute approximate surface area is 101 Å². The summed E-state index contributed by atoms with van der Waals surface area (Å²) < 4.78 is 4.96. The molecule has 82 valence electrons. The number of rotatable bonds is 3. The highest BCUT2D eigenvalue weighted by atomic mass is 35.5. The molecule has 0 spiro atoms. The summed E-state index contributed by atoms with van der Waals surface area (Å²) >= 11 is 5.92. The second-order valence-electron chi connectivity index (χ2n) is 2.65. The summed E-state index contributed by atoms with van der Waals surface area (Å²) in [7, 11) is 0. The quantitative estimate of drug-likeness (QED) is 0.638. The molecular formula is C11H13Cl2NO. The second kappa shape index (κ2) is 7.32. The molecule has 0 unspecified atom stereocenters. The summed E-state index contributed by atoms with van der Waals surface area (Å²) in [5.74, 6) is 0.146. The number of nitrogens with one attached hydrogen (secondary N) is 1. The molecule has 0 saturated heterocycles. The van der Waals surface area contributed by atoms with Gasteiger partial charge in [-0.1, -0.05) is 29.8 Å². The maximum atomic E-state index is 7.36. The fraction of sp³-hybridized carbons (Fsp3) is 0.182. The molecule has 0 aliphatic heterocycles. The third kappa shape index (κ3) is 4.86.